The van der Waals surface area contributed by atoms with Gasteiger partial charge in [-0.3, -0.25) is 14.5 Å². The number of ether oxygens (including phenoxy) is 1. The van der Waals surface area contributed by atoms with Gasteiger partial charge in [-0.25, -0.2) is 0 Å². The summed E-state index contributed by atoms with van der Waals surface area (Å²) in [6.45, 7) is 11.5. The van der Waals surface area contributed by atoms with E-state index in [1.807, 2.05) is 53.7 Å². The molecular weight excluding hydrogens is 352 g/mol. The van der Waals surface area contributed by atoms with E-state index in [9.17, 15) is 9.59 Å². The van der Waals surface area contributed by atoms with Crippen molar-refractivity contribution in [3.8, 4) is 11.8 Å². The minimum absolute atomic E-state index is 0.186. The molecule has 0 bridgehead atoms. The highest BCUT2D eigenvalue weighted by Crippen LogP contribution is 2.28. The van der Waals surface area contributed by atoms with Crippen molar-refractivity contribution in [2.45, 2.75) is 52.7 Å². The van der Waals surface area contributed by atoms with E-state index in [1.165, 1.54) is 4.90 Å². The average molecular weight is 378 g/mol. The van der Waals surface area contributed by atoms with Crippen LogP contribution >= 0.6 is 0 Å². The van der Waals surface area contributed by atoms with Gasteiger partial charge in [0, 0.05) is 5.54 Å². The zero-order valence-corrected chi connectivity index (χ0v) is 17.2. The molecule has 2 amide bonds. The molecule has 5 nitrogen and oxygen atoms in total. The topological polar surface area (TPSA) is 70.4 Å². The number of carbonyl (C=O) groups is 2. The van der Waals surface area contributed by atoms with Gasteiger partial charge >= 0.3 is 0 Å². The van der Waals surface area contributed by atoms with Gasteiger partial charge in [-0.1, -0.05) is 12.1 Å². The van der Waals surface area contributed by atoms with E-state index in [0.29, 0.717) is 16.7 Å². The van der Waals surface area contributed by atoms with Gasteiger partial charge in [0.05, 0.1) is 22.8 Å². The van der Waals surface area contributed by atoms with Crippen LogP contribution in [0.2, 0.25) is 0 Å². The number of nitriles is 1. The summed E-state index contributed by atoms with van der Waals surface area (Å²) in [6.07, 6.45) is 0. The molecular formula is C23H26N2O3. The van der Waals surface area contributed by atoms with E-state index < -0.39 is 5.54 Å². The monoisotopic (exact) mass is 378 g/mol. The molecule has 1 aliphatic heterocycles. The zero-order valence-electron chi connectivity index (χ0n) is 17.2. The Morgan fingerprint density at radius 3 is 1.64 bits per heavy atom. The molecule has 28 heavy (non-hydrogen) atoms. The number of nitrogens with zero attached hydrogens (tertiary/aromatic N) is 2. The summed E-state index contributed by atoms with van der Waals surface area (Å²) >= 11 is 0. The summed E-state index contributed by atoms with van der Waals surface area (Å²) in [4.78, 5) is 25.2. The molecule has 0 aromatic heterocycles. The molecule has 0 spiro atoms. The Morgan fingerprint density at radius 1 is 0.821 bits per heavy atom. The Labute approximate surface area is 166 Å². The van der Waals surface area contributed by atoms with Crippen molar-refractivity contribution in [2.24, 2.45) is 0 Å². The Morgan fingerprint density at radius 2 is 1.29 bits per heavy atom. The van der Waals surface area contributed by atoms with Gasteiger partial charge in [0.15, 0.2) is 0 Å². The number of rotatable bonds is 1. The molecule has 0 unspecified atom stereocenters. The molecule has 5 heteroatoms. The number of benzene rings is 2. The first-order valence-corrected chi connectivity index (χ1v) is 9.11. The van der Waals surface area contributed by atoms with Crippen LogP contribution in [0.3, 0.4) is 0 Å². The molecule has 1 aliphatic rings. The summed E-state index contributed by atoms with van der Waals surface area (Å²) in [7, 11) is 0. The first-order valence-electron chi connectivity index (χ1n) is 9.11. The Kier molecular flexibility index (Phi) is 5.94. The van der Waals surface area contributed by atoms with Crippen LogP contribution in [0, 0.1) is 11.3 Å². The average Bonchev–Trinajstić information content (AvgIpc) is 2.86. The maximum atomic E-state index is 12.0. The predicted octanol–water partition coefficient (Wildman–Crippen LogP) is 4.82. The van der Waals surface area contributed by atoms with E-state index >= 15 is 0 Å². The van der Waals surface area contributed by atoms with Gasteiger partial charge in [-0.15, -0.1) is 0 Å². The second-order valence-electron chi connectivity index (χ2n) is 8.51. The smallest absolute Gasteiger partial charge is 0.262 e. The Hall–Kier alpha value is -3.13. The lowest BCUT2D eigenvalue weighted by Crippen LogP contribution is -2.45. The quantitative estimate of drug-likeness (QED) is 0.667. The molecule has 0 atom stereocenters. The highest BCUT2D eigenvalue weighted by atomic mass is 16.5. The maximum Gasteiger partial charge on any atom is 0.262 e. The second-order valence-corrected chi connectivity index (χ2v) is 8.51. The van der Waals surface area contributed by atoms with E-state index in [2.05, 4.69) is 6.07 Å². The lowest BCUT2D eigenvalue weighted by atomic mass is 10.1. The molecule has 0 radical (unpaired) electrons. The number of imide groups is 1. The van der Waals surface area contributed by atoms with Crippen molar-refractivity contribution >= 4 is 11.8 Å². The van der Waals surface area contributed by atoms with Crippen LogP contribution in [0.1, 0.15) is 67.8 Å². The SMILES string of the molecule is CC(C)(C)N1C(=O)c2ccccc2C1=O.CC(C)(C)Oc1ccc(C#N)cc1. The molecule has 2 aromatic carbocycles. The molecule has 1 heterocycles. The van der Waals surface area contributed by atoms with Crippen LogP contribution < -0.4 is 4.74 Å². The lowest BCUT2D eigenvalue weighted by molar-refractivity contribution is 0.0507. The number of carbonyl (C=O) groups excluding carboxylic acids is 2. The Bertz CT molecular complexity index is 876. The summed E-state index contributed by atoms with van der Waals surface area (Å²) in [5.74, 6) is 0.415. The third-order valence-corrected chi connectivity index (χ3v) is 3.87. The van der Waals surface area contributed by atoms with Crippen molar-refractivity contribution < 1.29 is 14.3 Å². The van der Waals surface area contributed by atoms with Crippen molar-refractivity contribution in [2.75, 3.05) is 0 Å². The van der Waals surface area contributed by atoms with Crippen molar-refractivity contribution in [3.63, 3.8) is 0 Å². The maximum absolute atomic E-state index is 12.0. The van der Waals surface area contributed by atoms with Gasteiger partial charge in [0.2, 0.25) is 0 Å². The molecule has 0 fully saturated rings. The van der Waals surface area contributed by atoms with Crippen LogP contribution in [-0.4, -0.2) is 27.9 Å². The minimum atomic E-state index is -0.465. The molecule has 0 saturated carbocycles. The molecule has 2 aromatic rings. The van der Waals surface area contributed by atoms with Crippen molar-refractivity contribution in [1.29, 1.82) is 5.26 Å². The van der Waals surface area contributed by atoms with Gasteiger partial charge in [-0.2, -0.15) is 5.26 Å². The minimum Gasteiger partial charge on any atom is -0.488 e. The third kappa shape index (κ3) is 4.98. The van der Waals surface area contributed by atoms with E-state index in [-0.39, 0.29) is 17.4 Å². The van der Waals surface area contributed by atoms with Gasteiger partial charge in [-0.05, 0) is 77.9 Å². The summed E-state index contributed by atoms with van der Waals surface area (Å²) in [6, 6.07) is 16.1. The third-order valence-electron chi connectivity index (χ3n) is 3.87. The normalized spacial score (nSPS) is 13.4. The van der Waals surface area contributed by atoms with Crippen LogP contribution in [0.4, 0.5) is 0 Å². The highest BCUT2D eigenvalue weighted by molar-refractivity contribution is 6.21. The summed E-state index contributed by atoms with van der Waals surface area (Å²) in [5.41, 5.74) is 1.03. The molecule has 0 aliphatic carbocycles. The number of fused-ring (bicyclic) bond motifs is 1. The van der Waals surface area contributed by atoms with E-state index in [1.54, 1.807) is 36.4 Å². The number of hydrogen-bond donors (Lipinski definition) is 0. The van der Waals surface area contributed by atoms with Crippen LogP contribution in [0.5, 0.6) is 5.75 Å². The van der Waals surface area contributed by atoms with Crippen molar-refractivity contribution in [3.05, 3.63) is 65.2 Å². The van der Waals surface area contributed by atoms with Gasteiger partial charge in [0.25, 0.3) is 11.8 Å². The fourth-order valence-corrected chi connectivity index (χ4v) is 2.75. The van der Waals surface area contributed by atoms with Crippen LogP contribution in [0.25, 0.3) is 0 Å². The fourth-order valence-electron chi connectivity index (χ4n) is 2.75. The zero-order chi connectivity index (χ0) is 21.1. The fraction of sp³-hybridized carbons (Fsp3) is 0.348. The van der Waals surface area contributed by atoms with Gasteiger partial charge in [0.1, 0.15) is 11.4 Å². The molecule has 146 valence electrons. The summed E-state index contributed by atoms with van der Waals surface area (Å²) < 4.78 is 5.59. The van der Waals surface area contributed by atoms with Gasteiger partial charge < -0.3 is 4.74 Å². The summed E-state index contributed by atoms with van der Waals surface area (Å²) in [5, 5.41) is 8.57. The van der Waals surface area contributed by atoms with Crippen LogP contribution in [0.15, 0.2) is 48.5 Å². The van der Waals surface area contributed by atoms with Crippen LogP contribution in [-0.2, 0) is 0 Å². The van der Waals surface area contributed by atoms with E-state index in [4.69, 9.17) is 10.00 Å². The predicted molar refractivity (Wildman–Crippen MR) is 108 cm³/mol. The first kappa shape index (κ1) is 21.2. The first-order chi connectivity index (χ1) is 12.9. The van der Waals surface area contributed by atoms with E-state index in [0.717, 1.165) is 5.75 Å². The molecule has 3 rings (SSSR count). The lowest BCUT2D eigenvalue weighted by Gasteiger charge is -2.29. The Balaban J connectivity index is 0.000000203. The highest BCUT2D eigenvalue weighted by Gasteiger charge is 2.41. The number of amides is 2. The van der Waals surface area contributed by atoms with Crippen molar-refractivity contribution in [1.82, 2.24) is 4.90 Å². The standard InChI is InChI=1S/C12H13NO2.C11H13NO/c1-12(2,3)13-10(14)8-6-4-5-7-9(8)11(13)15;1-11(2,3)13-10-6-4-9(8-12)5-7-10/h4-7H,1-3H3;4-7H,1-3H3. The molecule has 0 saturated heterocycles. The number of hydrogen-bond acceptors (Lipinski definition) is 4. The largest absolute Gasteiger partial charge is 0.488 e. The molecule has 0 N–H and O–H groups in total. The second kappa shape index (κ2) is 7.85.